The first kappa shape index (κ1) is 11.3. The third-order valence-electron chi connectivity index (χ3n) is 3.39. The lowest BCUT2D eigenvalue weighted by atomic mass is 10.1. The molecule has 0 aliphatic carbocycles. The van der Waals surface area contributed by atoms with E-state index in [-0.39, 0.29) is 0 Å². The molecule has 1 aromatic heterocycles. The van der Waals surface area contributed by atoms with Crippen molar-refractivity contribution in [3.63, 3.8) is 0 Å². The van der Waals surface area contributed by atoms with E-state index in [0.29, 0.717) is 0 Å². The van der Waals surface area contributed by atoms with Gasteiger partial charge in [-0.2, -0.15) is 0 Å². The van der Waals surface area contributed by atoms with Crippen molar-refractivity contribution in [3.8, 4) is 0 Å². The van der Waals surface area contributed by atoms with Crippen molar-refractivity contribution < 1.29 is 0 Å². The number of fused-ring (bicyclic) bond motifs is 1. The zero-order chi connectivity index (χ0) is 12.2. The van der Waals surface area contributed by atoms with Gasteiger partial charge in [0, 0.05) is 50.8 Å². The molecule has 0 atom stereocenters. The Labute approximate surface area is 107 Å². The molecule has 1 aliphatic rings. The summed E-state index contributed by atoms with van der Waals surface area (Å²) in [5, 5.41) is 3.47. The Kier molecular flexibility index (Phi) is 3.28. The molecule has 0 radical (unpaired) electrons. The fourth-order valence-corrected chi connectivity index (χ4v) is 2.41. The number of para-hydroxylation sites is 1. The van der Waals surface area contributed by atoms with Crippen LogP contribution >= 0.6 is 0 Å². The van der Waals surface area contributed by atoms with Gasteiger partial charge in [0.2, 0.25) is 0 Å². The fourth-order valence-electron chi connectivity index (χ4n) is 2.41. The molecule has 3 rings (SSSR count). The minimum Gasteiger partial charge on any atom is -0.368 e. The highest BCUT2D eigenvalue weighted by Gasteiger charge is 2.13. The maximum absolute atomic E-state index is 4.08. The maximum Gasteiger partial charge on any atom is 0.0946 e. The summed E-state index contributed by atoms with van der Waals surface area (Å²) in [5.41, 5.74) is 2.75. The second-order valence-corrected chi connectivity index (χ2v) is 4.59. The van der Waals surface area contributed by atoms with Crippen molar-refractivity contribution >= 4 is 5.69 Å². The predicted molar refractivity (Wildman–Crippen MR) is 72.6 cm³/mol. The summed E-state index contributed by atoms with van der Waals surface area (Å²) in [7, 11) is 0. The summed E-state index contributed by atoms with van der Waals surface area (Å²) in [6.07, 6.45) is 5.72. The van der Waals surface area contributed by atoms with Crippen molar-refractivity contribution in [2.45, 2.75) is 13.1 Å². The van der Waals surface area contributed by atoms with Crippen LogP contribution in [0.25, 0.3) is 0 Å². The molecule has 4 nitrogen and oxygen atoms in total. The number of hydrogen-bond acceptors (Lipinski definition) is 3. The molecule has 0 bridgehead atoms. The molecule has 0 saturated carbocycles. The molecular formula is C14H18N4. The average molecular weight is 242 g/mol. The molecule has 18 heavy (non-hydrogen) atoms. The number of aromatic nitrogens is 2. The Balaban J connectivity index is 1.75. The molecule has 1 N–H and O–H groups in total. The Morgan fingerprint density at radius 3 is 3.06 bits per heavy atom. The molecule has 94 valence electrons. The molecule has 0 unspecified atom stereocenters. The first-order valence-corrected chi connectivity index (χ1v) is 6.43. The van der Waals surface area contributed by atoms with E-state index in [9.17, 15) is 0 Å². The summed E-state index contributed by atoms with van der Waals surface area (Å²) < 4.78 is 2.13. The van der Waals surface area contributed by atoms with E-state index in [4.69, 9.17) is 0 Å². The standard InChI is InChI=1S/C14H18N4/c1-2-4-14-13(3-1)11-15-6-8-18(14)10-9-17-7-5-16-12-17/h1-5,7,12,15H,6,8-11H2. The van der Waals surface area contributed by atoms with E-state index < -0.39 is 0 Å². The van der Waals surface area contributed by atoms with Gasteiger partial charge in [0.15, 0.2) is 0 Å². The first-order valence-electron chi connectivity index (χ1n) is 6.43. The van der Waals surface area contributed by atoms with Crippen LogP contribution in [-0.2, 0) is 13.1 Å². The maximum atomic E-state index is 4.08. The minimum atomic E-state index is 0.970. The van der Waals surface area contributed by atoms with E-state index in [1.54, 1.807) is 0 Å². The number of hydrogen-bond donors (Lipinski definition) is 1. The fraction of sp³-hybridized carbons (Fsp3) is 0.357. The van der Waals surface area contributed by atoms with Gasteiger partial charge in [-0.15, -0.1) is 0 Å². The third kappa shape index (κ3) is 2.38. The summed E-state index contributed by atoms with van der Waals surface area (Å²) in [4.78, 5) is 6.53. The van der Waals surface area contributed by atoms with Crippen LogP contribution in [0.3, 0.4) is 0 Å². The molecule has 4 heteroatoms. The van der Waals surface area contributed by atoms with Gasteiger partial charge >= 0.3 is 0 Å². The highest BCUT2D eigenvalue weighted by Crippen LogP contribution is 2.21. The highest BCUT2D eigenvalue weighted by atomic mass is 15.2. The number of anilines is 1. The van der Waals surface area contributed by atoms with Gasteiger partial charge in [-0.05, 0) is 11.6 Å². The minimum absolute atomic E-state index is 0.970. The number of nitrogens with one attached hydrogen (secondary N) is 1. The number of nitrogens with zero attached hydrogens (tertiary/aromatic N) is 3. The zero-order valence-corrected chi connectivity index (χ0v) is 10.4. The highest BCUT2D eigenvalue weighted by molar-refractivity contribution is 5.54. The molecule has 2 aromatic rings. The average Bonchev–Trinajstić information content (AvgIpc) is 2.84. The van der Waals surface area contributed by atoms with Crippen LogP contribution in [0.1, 0.15) is 5.56 Å². The molecule has 0 amide bonds. The van der Waals surface area contributed by atoms with E-state index in [1.165, 1.54) is 11.3 Å². The van der Waals surface area contributed by atoms with Crippen LogP contribution < -0.4 is 10.2 Å². The van der Waals surface area contributed by atoms with Gasteiger partial charge in [0.05, 0.1) is 6.33 Å². The van der Waals surface area contributed by atoms with Crippen LogP contribution in [0.5, 0.6) is 0 Å². The van der Waals surface area contributed by atoms with Crippen molar-refractivity contribution in [1.29, 1.82) is 0 Å². The molecule has 1 aromatic carbocycles. The summed E-state index contributed by atoms with van der Waals surface area (Å²) in [6, 6.07) is 8.66. The van der Waals surface area contributed by atoms with Crippen molar-refractivity contribution in [2.24, 2.45) is 0 Å². The predicted octanol–water partition coefficient (Wildman–Crippen LogP) is 1.49. The monoisotopic (exact) mass is 242 g/mol. The van der Waals surface area contributed by atoms with Crippen molar-refractivity contribution in [3.05, 3.63) is 48.5 Å². The van der Waals surface area contributed by atoms with E-state index >= 15 is 0 Å². The normalized spacial score (nSPS) is 15.2. The molecule has 0 fully saturated rings. The Hall–Kier alpha value is -1.81. The molecule has 0 saturated heterocycles. The van der Waals surface area contributed by atoms with Crippen LogP contribution in [0.2, 0.25) is 0 Å². The molecule has 0 spiro atoms. The number of rotatable bonds is 3. The van der Waals surface area contributed by atoms with Gasteiger partial charge in [-0.25, -0.2) is 4.98 Å². The lowest BCUT2D eigenvalue weighted by Crippen LogP contribution is -2.31. The third-order valence-corrected chi connectivity index (χ3v) is 3.39. The lowest BCUT2D eigenvalue weighted by Gasteiger charge is -2.24. The van der Waals surface area contributed by atoms with E-state index in [1.807, 2.05) is 18.7 Å². The van der Waals surface area contributed by atoms with Gasteiger partial charge in [-0.1, -0.05) is 18.2 Å². The Bertz CT molecular complexity index is 492. The Morgan fingerprint density at radius 2 is 2.17 bits per heavy atom. The van der Waals surface area contributed by atoms with Crippen LogP contribution in [0.15, 0.2) is 43.0 Å². The number of benzene rings is 1. The van der Waals surface area contributed by atoms with Crippen molar-refractivity contribution in [1.82, 2.24) is 14.9 Å². The van der Waals surface area contributed by atoms with Crippen molar-refractivity contribution in [2.75, 3.05) is 24.5 Å². The summed E-state index contributed by atoms with van der Waals surface area (Å²) in [5.74, 6) is 0. The topological polar surface area (TPSA) is 33.1 Å². The van der Waals surface area contributed by atoms with Crippen LogP contribution in [0.4, 0.5) is 5.69 Å². The van der Waals surface area contributed by atoms with Gasteiger partial charge < -0.3 is 14.8 Å². The SMILES string of the molecule is c1ccc2c(c1)CNCCN2CCn1ccnc1. The van der Waals surface area contributed by atoms with Crippen LogP contribution in [-0.4, -0.2) is 29.2 Å². The van der Waals surface area contributed by atoms with Crippen LogP contribution in [0, 0.1) is 0 Å². The molecule has 2 heterocycles. The smallest absolute Gasteiger partial charge is 0.0946 e. The zero-order valence-electron chi connectivity index (χ0n) is 10.4. The second-order valence-electron chi connectivity index (χ2n) is 4.59. The quantitative estimate of drug-likeness (QED) is 0.885. The van der Waals surface area contributed by atoms with Gasteiger partial charge in [-0.3, -0.25) is 0 Å². The summed E-state index contributed by atoms with van der Waals surface area (Å²) in [6.45, 7) is 5.07. The van der Waals surface area contributed by atoms with E-state index in [0.717, 1.165) is 32.7 Å². The Morgan fingerprint density at radius 1 is 1.22 bits per heavy atom. The molecular weight excluding hydrogens is 224 g/mol. The summed E-state index contributed by atoms with van der Waals surface area (Å²) >= 11 is 0. The van der Waals surface area contributed by atoms with Gasteiger partial charge in [0.25, 0.3) is 0 Å². The van der Waals surface area contributed by atoms with E-state index in [2.05, 4.69) is 44.0 Å². The molecule has 1 aliphatic heterocycles. The number of imidazole rings is 1. The van der Waals surface area contributed by atoms with Gasteiger partial charge in [0.1, 0.15) is 0 Å². The second kappa shape index (κ2) is 5.23. The largest absolute Gasteiger partial charge is 0.368 e. The first-order chi connectivity index (χ1) is 8.93. The lowest BCUT2D eigenvalue weighted by molar-refractivity contribution is 0.637.